The Labute approximate surface area is 118 Å². The summed E-state index contributed by atoms with van der Waals surface area (Å²) in [5.74, 6) is 1.89. The molecule has 0 aliphatic rings. The number of imidazole rings is 1. The summed E-state index contributed by atoms with van der Waals surface area (Å²) >= 11 is 0. The van der Waals surface area contributed by atoms with Gasteiger partial charge >= 0.3 is 0 Å². The van der Waals surface area contributed by atoms with E-state index in [0.717, 1.165) is 30.1 Å². The highest BCUT2D eigenvalue weighted by atomic mass is 15.4. The molecule has 0 spiro atoms. The fourth-order valence-electron chi connectivity index (χ4n) is 2.34. The van der Waals surface area contributed by atoms with Gasteiger partial charge in [0.2, 0.25) is 5.78 Å². The molecule has 0 radical (unpaired) electrons. The molecule has 5 nitrogen and oxygen atoms in total. The molecule has 20 heavy (non-hydrogen) atoms. The molecule has 0 bridgehead atoms. The summed E-state index contributed by atoms with van der Waals surface area (Å²) in [7, 11) is 2.00. The zero-order chi connectivity index (χ0) is 14.1. The van der Waals surface area contributed by atoms with Gasteiger partial charge in [-0.05, 0) is 18.9 Å². The lowest BCUT2D eigenvalue weighted by atomic mass is 10.1. The van der Waals surface area contributed by atoms with Crippen LogP contribution in [0, 0.1) is 6.92 Å². The van der Waals surface area contributed by atoms with Crippen molar-refractivity contribution in [1.29, 1.82) is 0 Å². The minimum atomic E-state index is 0.446. The van der Waals surface area contributed by atoms with Crippen LogP contribution in [0.15, 0.2) is 30.5 Å². The summed E-state index contributed by atoms with van der Waals surface area (Å²) in [6.45, 7) is 2.55. The summed E-state index contributed by atoms with van der Waals surface area (Å²) in [6, 6.07) is 8.65. The van der Waals surface area contributed by atoms with Crippen molar-refractivity contribution in [3.8, 4) is 0 Å². The molecule has 2 aromatic heterocycles. The van der Waals surface area contributed by atoms with Gasteiger partial charge in [0.15, 0.2) is 0 Å². The molecule has 0 saturated carbocycles. The number of hydrogen-bond acceptors (Lipinski definition) is 3. The van der Waals surface area contributed by atoms with Crippen molar-refractivity contribution in [2.24, 2.45) is 12.8 Å². The minimum absolute atomic E-state index is 0.446. The standard InChI is InChI=1S/C15H19N5/c1-11-3-5-12(6-4-11)7-8-14-18-20-10-13(9-16)17-15(20)19(14)2/h3-6,10H,7-9,16H2,1-2H3. The highest BCUT2D eigenvalue weighted by Crippen LogP contribution is 2.10. The normalized spacial score (nSPS) is 11.3. The van der Waals surface area contributed by atoms with Gasteiger partial charge in [-0.15, -0.1) is 0 Å². The third kappa shape index (κ3) is 2.32. The predicted octanol–water partition coefficient (Wildman–Crippen LogP) is 1.62. The maximum Gasteiger partial charge on any atom is 0.232 e. The topological polar surface area (TPSA) is 61.1 Å². The molecule has 5 heteroatoms. The molecule has 0 fully saturated rings. The lowest BCUT2D eigenvalue weighted by Crippen LogP contribution is -2.02. The molecular weight excluding hydrogens is 250 g/mol. The van der Waals surface area contributed by atoms with Crippen molar-refractivity contribution in [3.63, 3.8) is 0 Å². The van der Waals surface area contributed by atoms with Crippen LogP contribution < -0.4 is 5.73 Å². The number of aryl methyl sites for hydroxylation is 4. The second-order valence-corrected chi connectivity index (χ2v) is 5.14. The Morgan fingerprint density at radius 3 is 2.55 bits per heavy atom. The highest BCUT2D eigenvalue weighted by Gasteiger charge is 2.10. The van der Waals surface area contributed by atoms with Crippen LogP contribution in [0.5, 0.6) is 0 Å². The molecule has 1 aromatic carbocycles. The molecule has 0 unspecified atom stereocenters. The van der Waals surface area contributed by atoms with Crippen LogP contribution in [0.4, 0.5) is 0 Å². The number of benzene rings is 1. The molecule has 0 amide bonds. The summed E-state index contributed by atoms with van der Waals surface area (Å²) in [5.41, 5.74) is 9.09. The molecule has 0 saturated heterocycles. The van der Waals surface area contributed by atoms with Gasteiger partial charge in [0, 0.05) is 20.0 Å². The SMILES string of the molecule is Cc1ccc(CCc2nn3cc(CN)nc3n2C)cc1. The van der Waals surface area contributed by atoms with E-state index in [1.54, 1.807) is 0 Å². The lowest BCUT2D eigenvalue weighted by molar-refractivity contribution is 0.766. The van der Waals surface area contributed by atoms with Crippen LogP contribution in [-0.4, -0.2) is 19.2 Å². The first-order valence-electron chi connectivity index (χ1n) is 6.83. The van der Waals surface area contributed by atoms with Crippen molar-refractivity contribution < 1.29 is 0 Å². The summed E-state index contributed by atoms with van der Waals surface area (Å²) in [4.78, 5) is 4.46. The molecule has 3 rings (SSSR count). The molecule has 0 aliphatic carbocycles. The van der Waals surface area contributed by atoms with E-state index in [-0.39, 0.29) is 0 Å². The zero-order valence-electron chi connectivity index (χ0n) is 11.9. The zero-order valence-corrected chi connectivity index (χ0v) is 11.9. The van der Waals surface area contributed by atoms with Gasteiger partial charge in [0.05, 0.1) is 11.9 Å². The van der Waals surface area contributed by atoms with E-state index >= 15 is 0 Å². The van der Waals surface area contributed by atoms with Gasteiger partial charge in [0.1, 0.15) is 5.82 Å². The van der Waals surface area contributed by atoms with Crippen LogP contribution in [0.25, 0.3) is 5.78 Å². The molecule has 3 aromatic rings. The van der Waals surface area contributed by atoms with E-state index < -0.39 is 0 Å². The average molecular weight is 269 g/mol. The van der Waals surface area contributed by atoms with Crippen molar-refractivity contribution in [2.75, 3.05) is 0 Å². The lowest BCUT2D eigenvalue weighted by Gasteiger charge is -2.02. The van der Waals surface area contributed by atoms with Crippen molar-refractivity contribution in [2.45, 2.75) is 26.3 Å². The van der Waals surface area contributed by atoms with Crippen molar-refractivity contribution in [1.82, 2.24) is 19.2 Å². The first-order chi connectivity index (χ1) is 9.67. The second kappa shape index (κ2) is 5.09. The average Bonchev–Trinajstić information content (AvgIpc) is 2.98. The van der Waals surface area contributed by atoms with E-state index in [0.29, 0.717) is 6.54 Å². The van der Waals surface area contributed by atoms with E-state index in [1.807, 2.05) is 22.3 Å². The minimum Gasteiger partial charge on any atom is -0.325 e. The number of nitrogens with zero attached hydrogens (tertiary/aromatic N) is 4. The first kappa shape index (κ1) is 12.9. The van der Waals surface area contributed by atoms with E-state index in [1.165, 1.54) is 11.1 Å². The molecular formula is C15H19N5. The van der Waals surface area contributed by atoms with E-state index in [2.05, 4.69) is 41.3 Å². The largest absolute Gasteiger partial charge is 0.325 e. The third-order valence-corrected chi connectivity index (χ3v) is 3.60. The number of nitrogens with two attached hydrogens (primary N) is 1. The van der Waals surface area contributed by atoms with Crippen LogP contribution in [0.1, 0.15) is 22.6 Å². The van der Waals surface area contributed by atoms with Gasteiger partial charge < -0.3 is 10.3 Å². The van der Waals surface area contributed by atoms with Gasteiger partial charge in [-0.1, -0.05) is 29.8 Å². The predicted molar refractivity (Wildman–Crippen MR) is 78.4 cm³/mol. The Morgan fingerprint density at radius 1 is 1.15 bits per heavy atom. The van der Waals surface area contributed by atoms with Crippen LogP contribution in [0.3, 0.4) is 0 Å². The fourth-order valence-corrected chi connectivity index (χ4v) is 2.34. The van der Waals surface area contributed by atoms with Gasteiger partial charge in [-0.3, -0.25) is 0 Å². The Kier molecular flexibility index (Phi) is 3.28. The van der Waals surface area contributed by atoms with E-state index in [4.69, 9.17) is 5.73 Å². The first-order valence-corrected chi connectivity index (χ1v) is 6.83. The molecule has 2 N–H and O–H groups in total. The monoisotopic (exact) mass is 269 g/mol. The number of rotatable bonds is 4. The summed E-state index contributed by atoms with van der Waals surface area (Å²) in [5, 5.41) is 4.58. The summed E-state index contributed by atoms with van der Waals surface area (Å²) in [6.07, 6.45) is 3.78. The van der Waals surface area contributed by atoms with Gasteiger partial charge in [0.25, 0.3) is 0 Å². The number of aromatic nitrogens is 4. The summed E-state index contributed by atoms with van der Waals surface area (Å²) < 4.78 is 3.85. The van der Waals surface area contributed by atoms with Crippen molar-refractivity contribution >= 4 is 5.78 Å². The molecule has 0 atom stereocenters. The van der Waals surface area contributed by atoms with Gasteiger partial charge in [-0.25, -0.2) is 9.50 Å². The maximum atomic E-state index is 5.59. The Hall–Kier alpha value is -2.14. The molecule has 0 aliphatic heterocycles. The molecule has 104 valence electrons. The Bertz CT molecular complexity index is 721. The number of fused-ring (bicyclic) bond motifs is 1. The Balaban J connectivity index is 1.78. The third-order valence-electron chi connectivity index (χ3n) is 3.60. The van der Waals surface area contributed by atoms with Crippen LogP contribution in [0.2, 0.25) is 0 Å². The smallest absolute Gasteiger partial charge is 0.232 e. The number of hydrogen-bond donors (Lipinski definition) is 1. The molecule has 2 heterocycles. The Morgan fingerprint density at radius 2 is 1.90 bits per heavy atom. The second-order valence-electron chi connectivity index (χ2n) is 5.14. The highest BCUT2D eigenvalue weighted by molar-refractivity contribution is 5.32. The van der Waals surface area contributed by atoms with Crippen LogP contribution in [-0.2, 0) is 26.4 Å². The quantitative estimate of drug-likeness (QED) is 0.783. The maximum absolute atomic E-state index is 5.59. The van der Waals surface area contributed by atoms with Crippen molar-refractivity contribution in [3.05, 3.63) is 53.1 Å². The van der Waals surface area contributed by atoms with Crippen LogP contribution >= 0.6 is 0 Å². The fraction of sp³-hybridized carbons (Fsp3) is 0.333. The van der Waals surface area contributed by atoms with E-state index in [9.17, 15) is 0 Å². The van der Waals surface area contributed by atoms with Gasteiger partial charge in [-0.2, -0.15) is 5.10 Å².